The van der Waals surface area contributed by atoms with Crippen LogP contribution in [0.5, 0.6) is 0 Å². The minimum atomic E-state index is 0.144. The summed E-state index contributed by atoms with van der Waals surface area (Å²) in [5.74, 6) is 2.20. The van der Waals surface area contributed by atoms with Gasteiger partial charge >= 0.3 is 0 Å². The second kappa shape index (κ2) is 7.24. The van der Waals surface area contributed by atoms with E-state index in [2.05, 4.69) is 10.1 Å². The van der Waals surface area contributed by atoms with Gasteiger partial charge in [0.2, 0.25) is 5.89 Å². The molecule has 0 aliphatic rings. The molecule has 4 nitrogen and oxygen atoms in total. The number of Topliss-reactive ketones (excluding diaryl/α,β-unsaturated/α-hetero) is 1. The van der Waals surface area contributed by atoms with Gasteiger partial charge in [0, 0.05) is 11.3 Å². The molecule has 0 saturated heterocycles. The highest BCUT2D eigenvalue weighted by Crippen LogP contribution is 2.20. The summed E-state index contributed by atoms with van der Waals surface area (Å²) in [6, 6.07) is 10.1. The van der Waals surface area contributed by atoms with Gasteiger partial charge in [-0.25, -0.2) is 0 Å². The van der Waals surface area contributed by atoms with Crippen LogP contribution in [-0.4, -0.2) is 15.9 Å². The lowest BCUT2D eigenvalue weighted by molar-refractivity contribution is -0.119. The summed E-state index contributed by atoms with van der Waals surface area (Å²) in [5.41, 5.74) is 0. The van der Waals surface area contributed by atoms with Gasteiger partial charge in [-0.15, -0.1) is 11.8 Å². The van der Waals surface area contributed by atoms with Gasteiger partial charge in [0.25, 0.3) is 0 Å². The number of ketones is 1. The Hall–Kier alpha value is -1.62. The van der Waals surface area contributed by atoms with Crippen LogP contribution in [-0.2, 0) is 17.0 Å². The first-order chi connectivity index (χ1) is 9.63. The highest BCUT2D eigenvalue weighted by atomic mass is 32.2. The molecule has 0 aliphatic carbocycles. The normalized spacial score (nSPS) is 10.9. The van der Waals surface area contributed by atoms with E-state index in [1.54, 1.807) is 11.8 Å². The Morgan fingerprint density at radius 2 is 2.05 bits per heavy atom. The average Bonchev–Trinajstić information content (AvgIpc) is 2.84. The predicted octanol–water partition coefficient (Wildman–Crippen LogP) is 3.52. The van der Waals surface area contributed by atoms with Crippen LogP contribution < -0.4 is 0 Å². The van der Waals surface area contributed by atoms with Crippen LogP contribution in [0.3, 0.4) is 0 Å². The molecule has 1 aromatic heterocycles. The van der Waals surface area contributed by atoms with E-state index in [0.29, 0.717) is 29.8 Å². The number of hydrogen-bond donors (Lipinski definition) is 0. The summed E-state index contributed by atoms with van der Waals surface area (Å²) < 4.78 is 5.11. The third-order valence-corrected chi connectivity index (χ3v) is 3.61. The lowest BCUT2D eigenvalue weighted by Crippen LogP contribution is -2.06. The summed E-state index contributed by atoms with van der Waals surface area (Å²) in [6.07, 6.45) is 0.789. The molecule has 5 heteroatoms. The Labute approximate surface area is 123 Å². The van der Waals surface area contributed by atoms with Crippen LogP contribution in [0, 0.1) is 5.92 Å². The van der Waals surface area contributed by atoms with E-state index in [1.165, 1.54) is 0 Å². The molecule has 0 spiro atoms. The third kappa shape index (κ3) is 4.81. The van der Waals surface area contributed by atoms with Crippen LogP contribution >= 0.6 is 11.8 Å². The number of rotatable bonds is 7. The fraction of sp³-hybridized carbons (Fsp3) is 0.400. The minimum absolute atomic E-state index is 0.144. The molecule has 20 heavy (non-hydrogen) atoms. The molecule has 0 aliphatic heterocycles. The van der Waals surface area contributed by atoms with Crippen molar-refractivity contribution in [2.45, 2.75) is 37.3 Å². The zero-order chi connectivity index (χ0) is 14.4. The first-order valence-corrected chi connectivity index (χ1v) is 7.63. The van der Waals surface area contributed by atoms with Crippen molar-refractivity contribution in [1.29, 1.82) is 0 Å². The first-order valence-electron chi connectivity index (χ1n) is 6.64. The van der Waals surface area contributed by atoms with Gasteiger partial charge in [-0.1, -0.05) is 37.2 Å². The van der Waals surface area contributed by atoms with Crippen LogP contribution in [0.25, 0.3) is 0 Å². The molecular weight excluding hydrogens is 272 g/mol. The topological polar surface area (TPSA) is 56.0 Å². The van der Waals surface area contributed by atoms with Crippen molar-refractivity contribution < 1.29 is 9.32 Å². The maximum atomic E-state index is 11.7. The third-order valence-electron chi connectivity index (χ3n) is 2.61. The Balaban J connectivity index is 1.84. The Morgan fingerprint density at radius 3 is 2.75 bits per heavy atom. The van der Waals surface area contributed by atoms with Crippen molar-refractivity contribution in [3.05, 3.63) is 42.0 Å². The molecule has 0 atom stereocenters. The van der Waals surface area contributed by atoms with Crippen molar-refractivity contribution >= 4 is 17.5 Å². The molecule has 1 heterocycles. The van der Waals surface area contributed by atoms with Gasteiger partial charge in [-0.2, -0.15) is 4.98 Å². The zero-order valence-electron chi connectivity index (χ0n) is 11.7. The SMILES string of the molecule is CC(C)CC(=O)Cc1nc(CSc2ccccc2)no1. The predicted molar refractivity (Wildman–Crippen MR) is 78.5 cm³/mol. The van der Waals surface area contributed by atoms with E-state index in [4.69, 9.17) is 4.52 Å². The van der Waals surface area contributed by atoms with Crippen LogP contribution in [0.15, 0.2) is 39.8 Å². The van der Waals surface area contributed by atoms with Crippen molar-refractivity contribution in [2.24, 2.45) is 5.92 Å². The van der Waals surface area contributed by atoms with Gasteiger partial charge in [0.15, 0.2) is 5.82 Å². The standard InChI is InChI=1S/C15H18N2O2S/c1-11(2)8-12(18)9-15-16-14(17-19-15)10-20-13-6-4-3-5-7-13/h3-7,11H,8-10H2,1-2H3. The molecular formula is C15H18N2O2S. The molecule has 0 radical (unpaired) electrons. The fourth-order valence-corrected chi connectivity index (χ4v) is 2.54. The second-order valence-electron chi connectivity index (χ2n) is 5.02. The van der Waals surface area contributed by atoms with E-state index in [9.17, 15) is 4.79 Å². The molecule has 0 N–H and O–H groups in total. The molecule has 106 valence electrons. The highest BCUT2D eigenvalue weighted by molar-refractivity contribution is 7.98. The van der Waals surface area contributed by atoms with Gasteiger partial charge in [0.1, 0.15) is 5.78 Å². The minimum Gasteiger partial charge on any atom is -0.339 e. The van der Waals surface area contributed by atoms with Crippen molar-refractivity contribution in [2.75, 3.05) is 0 Å². The van der Waals surface area contributed by atoms with Crippen molar-refractivity contribution in [3.8, 4) is 0 Å². The summed E-state index contributed by atoms with van der Waals surface area (Å²) in [6.45, 7) is 4.04. The zero-order valence-corrected chi connectivity index (χ0v) is 12.5. The summed E-state index contributed by atoms with van der Waals surface area (Å²) in [4.78, 5) is 17.1. The highest BCUT2D eigenvalue weighted by Gasteiger charge is 2.12. The number of aromatic nitrogens is 2. The van der Waals surface area contributed by atoms with Crippen LogP contribution in [0.1, 0.15) is 32.0 Å². The van der Waals surface area contributed by atoms with Gasteiger partial charge in [-0.05, 0) is 18.1 Å². The van der Waals surface area contributed by atoms with E-state index >= 15 is 0 Å². The summed E-state index contributed by atoms with van der Waals surface area (Å²) in [5, 5.41) is 3.90. The van der Waals surface area contributed by atoms with Gasteiger partial charge < -0.3 is 4.52 Å². The Kier molecular flexibility index (Phi) is 5.35. The Morgan fingerprint density at radius 1 is 1.30 bits per heavy atom. The monoisotopic (exact) mass is 290 g/mol. The van der Waals surface area contributed by atoms with Crippen molar-refractivity contribution in [3.63, 3.8) is 0 Å². The molecule has 0 saturated carbocycles. The fourth-order valence-electron chi connectivity index (χ4n) is 1.78. The summed E-state index contributed by atoms with van der Waals surface area (Å²) >= 11 is 1.65. The number of benzene rings is 1. The van der Waals surface area contributed by atoms with Crippen LogP contribution in [0.2, 0.25) is 0 Å². The van der Waals surface area contributed by atoms with Crippen LogP contribution in [0.4, 0.5) is 0 Å². The largest absolute Gasteiger partial charge is 0.339 e. The summed E-state index contributed by atoms with van der Waals surface area (Å²) in [7, 11) is 0. The van der Waals surface area contributed by atoms with E-state index < -0.39 is 0 Å². The lowest BCUT2D eigenvalue weighted by Gasteiger charge is -2.00. The average molecular weight is 290 g/mol. The molecule has 0 fully saturated rings. The molecule has 2 rings (SSSR count). The molecule has 0 amide bonds. The molecule has 2 aromatic rings. The number of carbonyl (C=O) groups excluding carboxylic acids is 1. The number of hydrogen-bond acceptors (Lipinski definition) is 5. The number of carbonyl (C=O) groups is 1. The first kappa shape index (κ1) is 14.8. The van der Waals surface area contributed by atoms with Gasteiger partial charge in [0.05, 0.1) is 12.2 Å². The number of nitrogens with zero attached hydrogens (tertiary/aromatic N) is 2. The van der Waals surface area contributed by atoms with E-state index in [1.807, 2.05) is 44.2 Å². The second-order valence-corrected chi connectivity index (χ2v) is 6.07. The maximum Gasteiger partial charge on any atom is 0.234 e. The lowest BCUT2D eigenvalue weighted by atomic mass is 10.1. The van der Waals surface area contributed by atoms with Crippen molar-refractivity contribution in [1.82, 2.24) is 10.1 Å². The van der Waals surface area contributed by atoms with Gasteiger partial charge in [-0.3, -0.25) is 4.79 Å². The van der Waals surface area contributed by atoms with E-state index in [0.717, 1.165) is 4.90 Å². The molecule has 1 aromatic carbocycles. The smallest absolute Gasteiger partial charge is 0.234 e. The van der Waals surface area contributed by atoms with E-state index in [-0.39, 0.29) is 12.2 Å². The quantitative estimate of drug-likeness (QED) is 0.730. The molecule has 0 bridgehead atoms. The maximum absolute atomic E-state index is 11.7. The molecule has 0 unspecified atom stereocenters. The Bertz CT molecular complexity index is 552. The number of thioether (sulfide) groups is 1.